The summed E-state index contributed by atoms with van der Waals surface area (Å²) in [6, 6.07) is 7.27. The van der Waals surface area contributed by atoms with Crippen molar-refractivity contribution in [3.63, 3.8) is 0 Å². The predicted octanol–water partition coefficient (Wildman–Crippen LogP) is 3.94. The average Bonchev–Trinajstić information content (AvgIpc) is 2.88. The van der Waals surface area contributed by atoms with Crippen LogP contribution in [0.5, 0.6) is 0 Å². The number of hydrogen-bond acceptors (Lipinski definition) is 5. The first-order valence-corrected chi connectivity index (χ1v) is 8.44. The summed E-state index contributed by atoms with van der Waals surface area (Å²) in [6.45, 7) is 0.695. The summed E-state index contributed by atoms with van der Waals surface area (Å²) >= 11 is 7.40. The Hall–Kier alpha value is -2.54. The highest BCUT2D eigenvalue weighted by atomic mass is 35.5. The molecule has 0 radical (unpaired) electrons. The van der Waals surface area contributed by atoms with Gasteiger partial charge in [-0.3, -0.25) is 4.79 Å². The number of thiophene rings is 1. The molecule has 4 rings (SSSR count). The Morgan fingerprint density at radius 2 is 2.29 bits per heavy atom. The van der Waals surface area contributed by atoms with E-state index in [2.05, 4.69) is 25.6 Å². The molecular formula is C15H11ClN6OS. The number of rotatable bonds is 2. The van der Waals surface area contributed by atoms with E-state index in [4.69, 9.17) is 17.1 Å². The normalized spacial score (nSPS) is 16.9. The average molecular weight is 359 g/mol. The number of aromatic nitrogens is 1. The Labute approximate surface area is 145 Å². The van der Waals surface area contributed by atoms with E-state index in [0.717, 1.165) is 26.7 Å². The first-order chi connectivity index (χ1) is 11.7. The monoisotopic (exact) mass is 358 g/mol. The smallest absolute Gasteiger partial charge is 0.263 e. The molecule has 1 amide bonds. The summed E-state index contributed by atoms with van der Waals surface area (Å²) in [5.74, 6) is -0.163. The van der Waals surface area contributed by atoms with Crippen LogP contribution >= 0.6 is 22.9 Å². The van der Waals surface area contributed by atoms with Gasteiger partial charge in [-0.25, -0.2) is 4.98 Å². The minimum Gasteiger partial charge on any atom is -0.381 e. The molecule has 3 heterocycles. The highest BCUT2D eigenvalue weighted by Gasteiger charge is 2.26. The van der Waals surface area contributed by atoms with Gasteiger partial charge in [0.05, 0.1) is 17.2 Å². The number of carbonyl (C=O) groups is 1. The van der Waals surface area contributed by atoms with Crippen LogP contribution in [-0.4, -0.2) is 30.0 Å². The van der Waals surface area contributed by atoms with Crippen molar-refractivity contribution in [1.82, 2.24) is 10.3 Å². The quantitative estimate of drug-likeness (QED) is 0.314. The van der Waals surface area contributed by atoms with Gasteiger partial charge in [0, 0.05) is 33.5 Å². The van der Waals surface area contributed by atoms with E-state index in [9.17, 15) is 4.79 Å². The maximum Gasteiger partial charge on any atom is 0.263 e. The highest BCUT2D eigenvalue weighted by Crippen LogP contribution is 2.40. The van der Waals surface area contributed by atoms with Crippen molar-refractivity contribution < 1.29 is 4.79 Å². The lowest BCUT2D eigenvalue weighted by molar-refractivity contribution is 0.0947. The Morgan fingerprint density at radius 1 is 1.42 bits per heavy atom. The van der Waals surface area contributed by atoms with Crippen LogP contribution in [0.4, 0.5) is 5.69 Å². The minimum absolute atomic E-state index is 0.163. The van der Waals surface area contributed by atoms with Crippen LogP contribution in [0.15, 0.2) is 29.4 Å². The summed E-state index contributed by atoms with van der Waals surface area (Å²) < 4.78 is 1.01. The Morgan fingerprint density at radius 3 is 3.12 bits per heavy atom. The third-order valence-electron chi connectivity index (χ3n) is 3.92. The van der Waals surface area contributed by atoms with Gasteiger partial charge in [0.25, 0.3) is 5.91 Å². The lowest BCUT2D eigenvalue weighted by Gasteiger charge is -2.13. The molecule has 0 saturated heterocycles. The first kappa shape index (κ1) is 15.0. The number of nitrogens with zero attached hydrogens (tertiary/aromatic N) is 4. The van der Waals surface area contributed by atoms with Gasteiger partial charge in [-0.05, 0) is 29.8 Å². The van der Waals surface area contributed by atoms with Crippen LogP contribution in [0.3, 0.4) is 0 Å². The number of fused-ring (bicyclic) bond motifs is 5. The zero-order valence-corrected chi connectivity index (χ0v) is 13.9. The largest absolute Gasteiger partial charge is 0.381 e. The fraction of sp³-hybridized carbons (Fsp3) is 0.200. The molecule has 0 spiro atoms. The summed E-state index contributed by atoms with van der Waals surface area (Å²) in [6.07, 6.45) is 0. The lowest BCUT2D eigenvalue weighted by atomic mass is 10.1. The van der Waals surface area contributed by atoms with Gasteiger partial charge >= 0.3 is 0 Å². The van der Waals surface area contributed by atoms with Gasteiger partial charge in [0.1, 0.15) is 10.0 Å². The lowest BCUT2D eigenvalue weighted by Crippen LogP contribution is -2.39. The van der Waals surface area contributed by atoms with Crippen molar-refractivity contribution >= 4 is 55.5 Å². The number of amides is 1. The van der Waals surface area contributed by atoms with Crippen LogP contribution in [-0.2, 0) is 0 Å². The van der Waals surface area contributed by atoms with Crippen molar-refractivity contribution in [3.8, 4) is 0 Å². The van der Waals surface area contributed by atoms with Crippen LogP contribution in [0.2, 0.25) is 5.15 Å². The van der Waals surface area contributed by atoms with Crippen molar-refractivity contribution in [2.24, 2.45) is 5.11 Å². The van der Waals surface area contributed by atoms with Crippen molar-refractivity contribution in [2.75, 3.05) is 18.4 Å². The number of benzene rings is 1. The fourth-order valence-corrected chi connectivity index (χ4v) is 4.13. The molecule has 9 heteroatoms. The molecule has 0 aliphatic carbocycles. The standard InChI is InChI=1S/C15H11ClN6OS/c16-11-4-1-8-9(21-11)2-3-10-12(8)13-14(24-10)15(23)20-7(5-18-13)6-19-22-17/h1-4,7,18H,5-6H2,(H,20,23)/t7-/m1/s1. The molecule has 3 aromatic rings. The molecule has 0 bridgehead atoms. The van der Waals surface area contributed by atoms with E-state index < -0.39 is 0 Å². The number of hydrogen-bond donors (Lipinski definition) is 2. The van der Waals surface area contributed by atoms with Crippen molar-refractivity contribution in [2.45, 2.75) is 6.04 Å². The van der Waals surface area contributed by atoms with E-state index in [-0.39, 0.29) is 18.5 Å². The zero-order chi connectivity index (χ0) is 16.7. The number of azide groups is 1. The minimum atomic E-state index is -0.245. The van der Waals surface area contributed by atoms with E-state index in [1.54, 1.807) is 6.07 Å². The van der Waals surface area contributed by atoms with Gasteiger partial charge in [-0.2, -0.15) is 0 Å². The topological polar surface area (TPSA) is 103 Å². The maximum absolute atomic E-state index is 12.5. The second kappa shape index (κ2) is 5.83. The molecule has 0 fully saturated rings. The second-order valence-corrected chi connectivity index (χ2v) is 6.85. The van der Waals surface area contributed by atoms with Crippen LogP contribution in [0.1, 0.15) is 9.67 Å². The van der Waals surface area contributed by atoms with E-state index >= 15 is 0 Å². The number of halogens is 1. The first-order valence-electron chi connectivity index (χ1n) is 7.24. The summed E-state index contributed by atoms with van der Waals surface area (Å²) in [7, 11) is 0. The molecule has 1 aliphatic heterocycles. The number of pyridine rings is 1. The SMILES string of the molecule is [N-]=[N+]=NC[C@H]1CNc2c(sc3ccc4nc(Cl)ccc4c23)C(=O)N1. The van der Waals surface area contributed by atoms with E-state index in [1.165, 1.54) is 11.3 Å². The van der Waals surface area contributed by atoms with E-state index in [0.29, 0.717) is 16.6 Å². The second-order valence-electron chi connectivity index (χ2n) is 5.41. The molecular weight excluding hydrogens is 348 g/mol. The number of carbonyl (C=O) groups excluding carboxylic acids is 1. The van der Waals surface area contributed by atoms with Crippen molar-refractivity contribution in [1.29, 1.82) is 0 Å². The molecule has 24 heavy (non-hydrogen) atoms. The molecule has 2 aromatic heterocycles. The van der Waals surface area contributed by atoms with Crippen LogP contribution < -0.4 is 10.6 Å². The molecule has 1 atom stereocenters. The zero-order valence-electron chi connectivity index (χ0n) is 12.3. The third kappa shape index (κ3) is 2.41. The van der Waals surface area contributed by atoms with Gasteiger partial charge in [-0.1, -0.05) is 16.7 Å². The maximum atomic E-state index is 12.5. The summed E-state index contributed by atoms with van der Waals surface area (Å²) in [4.78, 5) is 20.2. The van der Waals surface area contributed by atoms with Gasteiger partial charge in [0.15, 0.2) is 0 Å². The molecule has 0 saturated carbocycles. The van der Waals surface area contributed by atoms with Gasteiger partial charge in [-0.15, -0.1) is 11.3 Å². The molecule has 1 aromatic carbocycles. The molecule has 0 unspecified atom stereocenters. The third-order valence-corrected chi connectivity index (χ3v) is 5.28. The highest BCUT2D eigenvalue weighted by molar-refractivity contribution is 7.21. The Kier molecular flexibility index (Phi) is 3.65. The molecule has 120 valence electrons. The number of anilines is 1. The van der Waals surface area contributed by atoms with E-state index in [1.807, 2.05) is 18.2 Å². The molecule has 2 N–H and O–H groups in total. The fourth-order valence-electron chi connectivity index (χ4n) is 2.88. The Balaban J connectivity index is 1.88. The van der Waals surface area contributed by atoms with Crippen LogP contribution in [0.25, 0.3) is 31.4 Å². The summed E-state index contributed by atoms with van der Waals surface area (Å²) in [5, 5.41) is 12.1. The predicted molar refractivity (Wildman–Crippen MR) is 95.9 cm³/mol. The number of nitrogens with one attached hydrogen (secondary N) is 2. The van der Waals surface area contributed by atoms with Gasteiger partial charge < -0.3 is 10.6 Å². The summed E-state index contributed by atoms with van der Waals surface area (Å²) in [5.41, 5.74) is 10.0. The Bertz CT molecular complexity index is 1030. The van der Waals surface area contributed by atoms with Crippen LogP contribution in [0, 0.1) is 0 Å². The van der Waals surface area contributed by atoms with Gasteiger partial charge in [0.2, 0.25) is 0 Å². The van der Waals surface area contributed by atoms with Crippen molar-refractivity contribution in [3.05, 3.63) is 44.7 Å². The molecule has 1 aliphatic rings. The molecule has 7 nitrogen and oxygen atoms in total.